The molecule has 2 rings (SSSR count). The highest BCUT2D eigenvalue weighted by atomic mass is 16.3. The van der Waals surface area contributed by atoms with Gasteiger partial charge in [0.25, 0.3) is 0 Å². The van der Waals surface area contributed by atoms with Gasteiger partial charge in [-0.25, -0.2) is 9.97 Å². The van der Waals surface area contributed by atoms with E-state index in [0.717, 1.165) is 17.5 Å². The number of nitrogens with zero attached hydrogens (tertiary/aromatic N) is 3. The summed E-state index contributed by atoms with van der Waals surface area (Å²) < 4.78 is 0. The van der Waals surface area contributed by atoms with Crippen LogP contribution in [0.1, 0.15) is 5.82 Å². The van der Waals surface area contributed by atoms with Gasteiger partial charge in [0.05, 0.1) is 6.61 Å². The number of aromatic nitrogens is 3. The minimum atomic E-state index is 0.0962. The van der Waals surface area contributed by atoms with Crippen molar-refractivity contribution in [1.29, 1.82) is 0 Å². The van der Waals surface area contributed by atoms with Gasteiger partial charge in [-0.1, -0.05) is 0 Å². The van der Waals surface area contributed by atoms with Gasteiger partial charge in [0.2, 0.25) is 0 Å². The van der Waals surface area contributed by atoms with E-state index < -0.39 is 0 Å². The summed E-state index contributed by atoms with van der Waals surface area (Å²) in [5.74, 6) is 3.07. The standard InChI is InChI=1S/C12H17N5O/c1-9-14-11(16-10-4-3-5-13-10)8-12(15-9)17(2)6-7-18/h3-5,8,13,18H,6-7H2,1-2H3,(H,14,15,16). The van der Waals surface area contributed by atoms with Gasteiger partial charge in [0.15, 0.2) is 0 Å². The van der Waals surface area contributed by atoms with Gasteiger partial charge in [0.1, 0.15) is 23.3 Å². The van der Waals surface area contributed by atoms with E-state index in [1.165, 1.54) is 0 Å². The SMILES string of the molecule is Cc1nc(Nc2ccc[nH]2)cc(N(C)CCO)n1. The molecule has 2 aromatic heterocycles. The minimum absolute atomic E-state index is 0.0962. The third-order valence-corrected chi connectivity index (χ3v) is 2.51. The molecule has 18 heavy (non-hydrogen) atoms. The summed E-state index contributed by atoms with van der Waals surface area (Å²) in [6.07, 6.45) is 1.84. The van der Waals surface area contributed by atoms with Gasteiger partial charge in [-0.15, -0.1) is 0 Å². The summed E-state index contributed by atoms with van der Waals surface area (Å²) in [5, 5.41) is 12.1. The Kier molecular flexibility index (Phi) is 3.78. The molecule has 0 amide bonds. The van der Waals surface area contributed by atoms with E-state index in [2.05, 4.69) is 20.3 Å². The number of aliphatic hydroxyl groups is 1. The third-order valence-electron chi connectivity index (χ3n) is 2.51. The number of aromatic amines is 1. The van der Waals surface area contributed by atoms with Crippen LogP contribution in [0.15, 0.2) is 24.4 Å². The number of H-pyrrole nitrogens is 1. The quantitative estimate of drug-likeness (QED) is 0.742. The first-order chi connectivity index (χ1) is 8.69. The molecule has 0 aliphatic heterocycles. The number of nitrogens with one attached hydrogen (secondary N) is 2. The summed E-state index contributed by atoms with van der Waals surface area (Å²) >= 11 is 0. The molecule has 0 aromatic carbocycles. The van der Waals surface area contributed by atoms with Crippen molar-refractivity contribution in [3.63, 3.8) is 0 Å². The number of rotatable bonds is 5. The van der Waals surface area contributed by atoms with E-state index in [-0.39, 0.29) is 6.61 Å². The summed E-state index contributed by atoms with van der Waals surface area (Å²) in [4.78, 5) is 13.6. The number of hydrogen-bond donors (Lipinski definition) is 3. The van der Waals surface area contributed by atoms with Crippen LogP contribution in [-0.4, -0.2) is 40.3 Å². The summed E-state index contributed by atoms with van der Waals surface area (Å²) in [7, 11) is 1.89. The van der Waals surface area contributed by atoms with Gasteiger partial charge >= 0.3 is 0 Å². The number of likely N-dealkylation sites (N-methyl/N-ethyl adjacent to an activating group) is 1. The molecule has 2 aromatic rings. The summed E-state index contributed by atoms with van der Waals surface area (Å²) in [6, 6.07) is 5.69. The number of anilines is 3. The van der Waals surface area contributed by atoms with E-state index in [0.29, 0.717) is 12.4 Å². The van der Waals surface area contributed by atoms with Crippen molar-refractivity contribution in [2.24, 2.45) is 0 Å². The lowest BCUT2D eigenvalue weighted by Crippen LogP contribution is -2.22. The maximum absolute atomic E-state index is 8.94. The molecule has 6 nitrogen and oxygen atoms in total. The first kappa shape index (κ1) is 12.4. The Balaban J connectivity index is 2.20. The van der Waals surface area contributed by atoms with Crippen LogP contribution >= 0.6 is 0 Å². The molecule has 0 unspecified atom stereocenters. The van der Waals surface area contributed by atoms with Crippen LogP contribution in [0.25, 0.3) is 0 Å². The summed E-state index contributed by atoms with van der Waals surface area (Å²) in [5.41, 5.74) is 0. The maximum Gasteiger partial charge on any atom is 0.137 e. The average Bonchev–Trinajstić information content (AvgIpc) is 2.81. The highest BCUT2D eigenvalue weighted by Crippen LogP contribution is 2.17. The molecule has 3 N–H and O–H groups in total. The zero-order valence-electron chi connectivity index (χ0n) is 10.5. The largest absolute Gasteiger partial charge is 0.395 e. The van der Waals surface area contributed by atoms with Crippen LogP contribution in [0.5, 0.6) is 0 Å². The van der Waals surface area contributed by atoms with Crippen molar-refractivity contribution in [3.8, 4) is 0 Å². The Bertz CT molecular complexity index is 497. The molecule has 2 heterocycles. The highest BCUT2D eigenvalue weighted by molar-refractivity contribution is 5.56. The van der Waals surface area contributed by atoms with Crippen LogP contribution in [0.2, 0.25) is 0 Å². The van der Waals surface area contributed by atoms with Crippen LogP contribution in [0.4, 0.5) is 17.5 Å². The van der Waals surface area contributed by atoms with E-state index >= 15 is 0 Å². The fraction of sp³-hybridized carbons (Fsp3) is 0.333. The lowest BCUT2D eigenvalue weighted by Gasteiger charge is -2.17. The van der Waals surface area contributed by atoms with Crippen LogP contribution in [0.3, 0.4) is 0 Å². The van der Waals surface area contributed by atoms with E-state index in [1.807, 2.05) is 43.3 Å². The number of aliphatic hydroxyl groups excluding tert-OH is 1. The first-order valence-electron chi connectivity index (χ1n) is 5.77. The molecule has 96 valence electrons. The molecule has 0 spiro atoms. The number of aryl methyl sites for hydroxylation is 1. The predicted octanol–water partition coefficient (Wildman–Crippen LogP) is 1.29. The molecule has 0 atom stereocenters. The van der Waals surface area contributed by atoms with Crippen LogP contribution in [0, 0.1) is 6.92 Å². The Morgan fingerprint density at radius 1 is 1.44 bits per heavy atom. The van der Waals surface area contributed by atoms with Gasteiger partial charge in [-0.3, -0.25) is 0 Å². The van der Waals surface area contributed by atoms with Crippen LogP contribution in [-0.2, 0) is 0 Å². The molecule has 0 bridgehead atoms. The Morgan fingerprint density at radius 2 is 2.28 bits per heavy atom. The zero-order chi connectivity index (χ0) is 13.0. The van der Waals surface area contributed by atoms with Crippen molar-refractivity contribution in [3.05, 3.63) is 30.2 Å². The Labute approximate surface area is 106 Å². The number of hydrogen-bond acceptors (Lipinski definition) is 5. The monoisotopic (exact) mass is 247 g/mol. The van der Waals surface area contributed by atoms with Crippen molar-refractivity contribution < 1.29 is 5.11 Å². The maximum atomic E-state index is 8.94. The predicted molar refractivity (Wildman–Crippen MR) is 71.2 cm³/mol. The second-order valence-electron chi connectivity index (χ2n) is 4.01. The lowest BCUT2D eigenvalue weighted by atomic mass is 10.4. The topological polar surface area (TPSA) is 77.1 Å². The third kappa shape index (κ3) is 2.98. The lowest BCUT2D eigenvalue weighted by molar-refractivity contribution is 0.304. The molecule has 6 heteroatoms. The van der Waals surface area contributed by atoms with Gasteiger partial charge in [-0.2, -0.15) is 0 Å². The highest BCUT2D eigenvalue weighted by Gasteiger charge is 2.06. The molecule has 0 aliphatic carbocycles. The van der Waals surface area contributed by atoms with Crippen LogP contribution < -0.4 is 10.2 Å². The Morgan fingerprint density at radius 3 is 2.94 bits per heavy atom. The fourth-order valence-corrected chi connectivity index (χ4v) is 1.62. The molecular formula is C12H17N5O. The van der Waals surface area contributed by atoms with Gasteiger partial charge in [0, 0.05) is 25.9 Å². The molecule has 0 radical (unpaired) electrons. The normalized spacial score (nSPS) is 10.4. The molecule has 0 saturated heterocycles. The molecule has 0 aliphatic rings. The Hall–Kier alpha value is -2.08. The minimum Gasteiger partial charge on any atom is -0.395 e. The second kappa shape index (κ2) is 5.50. The van der Waals surface area contributed by atoms with Crippen molar-refractivity contribution in [2.75, 3.05) is 30.4 Å². The summed E-state index contributed by atoms with van der Waals surface area (Å²) in [6.45, 7) is 2.48. The van der Waals surface area contributed by atoms with Crippen molar-refractivity contribution in [1.82, 2.24) is 15.0 Å². The van der Waals surface area contributed by atoms with E-state index in [9.17, 15) is 0 Å². The van der Waals surface area contributed by atoms with Crippen molar-refractivity contribution >= 4 is 17.5 Å². The molecular weight excluding hydrogens is 230 g/mol. The van der Waals surface area contributed by atoms with Gasteiger partial charge < -0.3 is 20.3 Å². The van der Waals surface area contributed by atoms with Crippen molar-refractivity contribution in [2.45, 2.75) is 6.92 Å². The van der Waals surface area contributed by atoms with E-state index in [4.69, 9.17) is 5.11 Å². The molecule has 0 fully saturated rings. The molecule has 0 saturated carbocycles. The average molecular weight is 247 g/mol. The van der Waals surface area contributed by atoms with E-state index in [1.54, 1.807) is 0 Å². The fourth-order valence-electron chi connectivity index (χ4n) is 1.62. The first-order valence-corrected chi connectivity index (χ1v) is 5.77. The second-order valence-corrected chi connectivity index (χ2v) is 4.01. The zero-order valence-corrected chi connectivity index (χ0v) is 10.5. The van der Waals surface area contributed by atoms with Gasteiger partial charge in [-0.05, 0) is 19.1 Å². The smallest absolute Gasteiger partial charge is 0.137 e.